The lowest BCUT2D eigenvalue weighted by Crippen LogP contribution is -1.76. The monoisotopic (exact) mass is 132 g/mol. The van der Waals surface area contributed by atoms with Crippen LogP contribution in [0, 0.1) is 6.92 Å². The maximum Gasteiger partial charge on any atom is 0.107 e. The van der Waals surface area contributed by atoms with Gasteiger partial charge in [-0.05, 0) is 16.8 Å². The molecule has 0 N–H and O–H groups in total. The fourth-order valence-corrected chi connectivity index (χ4v) is 0.495. The van der Waals surface area contributed by atoms with Crippen LogP contribution in [-0.2, 0) is 4.52 Å². The third-order valence-electron chi connectivity index (χ3n) is 0.396. The van der Waals surface area contributed by atoms with Gasteiger partial charge < -0.3 is 4.52 Å². The fourth-order valence-electron chi connectivity index (χ4n) is 0.165. The molecule has 4 nitrogen and oxygen atoms in total. The highest BCUT2D eigenvalue weighted by atomic mass is 31.1. The maximum atomic E-state index is 7.74. The Morgan fingerprint density at radius 1 is 1.88 bits per heavy atom. The van der Waals surface area contributed by atoms with Gasteiger partial charge in [-0.2, -0.15) is 0 Å². The van der Waals surface area contributed by atoms with Crippen LogP contribution in [0.1, 0.15) is 6.42 Å². The molecule has 1 radical (unpaired) electrons. The van der Waals surface area contributed by atoms with Crippen molar-refractivity contribution in [2.75, 3.05) is 6.61 Å². The Bertz CT molecular complexity index is 90.5. The second kappa shape index (κ2) is 6.70. The quantitative estimate of drug-likeness (QED) is 0.190. The van der Waals surface area contributed by atoms with Gasteiger partial charge in [0.15, 0.2) is 0 Å². The normalized spacial score (nSPS) is 9.62. The van der Waals surface area contributed by atoms with Gasteiger partial charge in [-0.15, -0.1) is 0 Å². The van der Waals surface area contributed by atoms with Gasteiger partial charge in [0.1, 0.15) is 8.96 Å². The molecule has 1 unspecified atom stereocenters. The fraction of sp³-hybridized carbons (Fsp3) is 0.667. The summed E-state index contributed by atoms with van der Waals surface area (Å²) in [5.41, 5.74) is 7.74. The molecule has 0 amide bonds. The van der Waals surface area contributed by atoms with Crippen molar-refractivity contribution in [1.29, 1.82) is 0 Å². The number of hydrogen-bond acceptors (Lipinski definition) is 2. The predicted octanol–water partition coefficient (Wildman–Crippen LogP) is 2.05. The van der Waals surface area contributed by atoms with Crippen LogP contribution in [0.4, 0.5) is 0 Å². The summed E-state index contributed by atoms with van der Waals surface area (Å²) in [7, 11) is -0.0926. The summed E-state index contributed by atoms with van der Waals surface area (Å²) in [5, 5.41) is 0. The van der Waals surface area contributed by atoms with E-state index in [1.807, 2.05) is 0 Å². The van der Waals surface area contributed by atoms with E-state index in [1.165, 1.54) is 0 Å². The SMILES string of the molecule is [CH2]CCOPN=[N+]=[N-]. The van der Waals surface area contributed by atoms with Crippen LogP contribution in [-0.4, -0.2) is 6.61 Å². The molecule has 8 heavy (non-hydrogen) atoms. The van der Waals surface area contributed by atoms with Crippen LogP contribution in [0.5, 0.6) is 0 Å². The molecule has 0 aromatic heterocycles. The van der Waals surface area contributed by atoms with Gasteiger partial charge in [-0.25, -0.2) is 0 Å². The second-order valence-electron chi connectivity index (χ2n) is 0.983. The Labute approximate surface area is 49.8 Å². The third kappa shape index (κ3) is 5.70. The van der Waals surface area contributed by atoms with Gasteiger partial charge in [0.25, 0.3) is 0 Å². The zero-order valence-electron chi connectivity index (χ0n) is 4.37. The molecule has 0 spiro atoms. The van der Waals surface area contributed by atoms with Gasteiger partial charge in [-0.3, -0.25) is 0 Å². The largest absolute Gasteiger partial charge is 0.356 e. The summed E-state index contributed by atoms with van der Waals surface area (Å²) in [6, 6.07) is 0. The molecule has 5 heteroatoms. The highest BCUT2D eigenvalue weighted by Gasteiger charge is 1.77. The van der Waals surface area contributed by atoms with Crippen LogP contribution in [0.2, 0.25) is 0 Å². The molecule has 0 aromatic carbocycles. The summed E-state index contributed by atoms with van der Waals surface area (Å²) >= 11 is 0. The first-order valence-electron chi connectivity index (χ1n) is 2.12. The van der Waals surface area contributed by atoms with Gasteiger partial charge in [0.05, 0.1) is 6.61 Å². The molecular formula is C3H7N3OP. The summed E-state index contributed by atoms with van der Waals surface area (Å²) in [4.78, 5) is 5.67. The van der Waals surface area contributed by atoms with Crippen molar-refractivity contribution < 1.29 is 4.52 Å². The zero-order valence-corrected chi connectivity index (χ0v) is 5.37. The molecule has 0 aliphatic rings. The number of nitrogens with zero attached hydrogens (tertiary/aromatic N) is 3. The van der Waals surface area contributed by atoms with Crippen molar-refractivity contribution in [1.82, 2.24) is 0 Å². The van der Waals surface area contributed by atoms with Crippen molar-refractivity contribution >= 4 is 8.96 Å². The molecule has 0 aromatic rings. The summed E-state index contributed by atoms with van der Waals surface area (Å²) in [6.45, 7) is 4.09. The van der Waals surface area contributed by atoms with E-state index in [1.54, 1.807) is 0 Å². The smallest absolute Gasteiger partial charge is 0.107 e. The standard InChI is InChI=1S/C3H7N3OP/c1-2-3-7-8-6-5-4/h8H,1-3H2. The van der Waals surface area contributed by atoms with Gasteiger partial charge in [-0.1, -0.05) is 6.92 Å². The highest BCUT2D eigenvalue weighted by Crippen LogP contribution is 2.12. The summed E-state index contributed by atoms with van der Waals surface area (Å²) in [6.07, 6.45) is 0.716. The van der Waals surface area contributed by atoms with Crippen molar-refractivity contribution in [2.24, 2.45) is 4.88 Å². The molecule has 0 rings (SSSR count). The molecule has 0 aliphatic heterocycles. The lowest BCUT2D eigenvalue weighted by molar-refractivity contribution is 0.371. The molecule has 0 saturated heterocycles. The Hall–Kier alpha value is -0.300. The molecule has 0 fully saturated rings. The van der Waals surface area contributed by atoms with Crippen molar-refractivity contribution in [3.8, 4) is 0 Å². The first kappa shape index (κ1) is 7.70. The predicted molar refractivity (Wildman–Crippen MR) is 33.4 cm³/mol. The Morgan fingerprint density at radius 3 is 3.12 bits per heavy atom. The molecule has 0 heterocycles. The van der Waals surface area contributed by atoms with E-state index in [9.17, 15) is 0 Å². The van der Waals surface area contributed by atoms with Crippen LogP contribution in [0.25, 0.3) is 10.4 Å². The lowest BCUT2D eigenvalue weighted by atomic mass is 10.5. The topological polar surface area (TPSA) is 58.0 Å². The Kier molecular flexibility index (Phi) is 6.45. The molecule has 45 valence electrons. The third-order valence-corrected chi connectivity index (χ3v) is 0.901. The van der Waals surface area contributed by atoms with E-state index in [0.717, 1.165) is 0 Å². The second-order valence-corrected chi connectivity index (χ2v) is 1.65. The van der Waals surface area contributed by atoms with E-state index in [2.05, 4.69) is 16.7 Å². The van der Waals surface area contributed by atoms with Crippen molar-refractivity contribution in [3.63, 3.8) is 0 Å². The minimum Gasteiger partial charge on any atom is -0.356 e. The first-order valence-corrected chi connectivity index (χ1v) is 2.97. The van der Waals surface area contributed by atoms with Crippen LogP contribution in [0.3, 0.4) is 0 Å². The summed E-state index contributed by atoms with van der Waals surface area (Å²) < 4.78 is 4.77. The molecular weight excluding hydrogens is 125 g/mol. The first-order chi connectivity index (χ1) is 3.91. The van der Waals surface area contributed by atoms with Crippen LogP contribution < -0.4 is 0 Å². The highest BCUT2D eigenvalue weighted by molar-refractivity contribution is 7.30. The molecule has 0 saturated carbocycles. The molecule has 1 atom stereocenters. The number of hydrogen-bond donors (Lipinski definition) is 0. The average Bonchev–Trinajstić information content (AvgIpc) is 1.81. The van der Waals surface area contributed by atoms with Crippen LogP contribution >= 0.6 is 8.96 Å². The van der Waals surface area contributed by atoms with Gasteiger partial charge >= 0.3 is 0 Å². The molecule has 0 bridgehead atoms. The molecule has 0 aliphatic carbocycles. The van der Waals surface area contributed by atoms with Crippen molar-refractivity contribution in [3.05, 3.63) is 17.4 Å². The lowest BCUT2D eigenvalue weighted by Gasteiger charge is -1.91. The maximum absolute atomic E-state index is 7.74. The van der Waals surface area contributed by atoms with Crippen molar-refractivity contribution in [2.45, 2.75) is 6.42 Å². The van der Waals surface area contributed by atoms with E-state index < -0.39 is 0 Å². The van der Waals surface area contributed by atoms with Gasteiger partial charge in [0, 0.05) is 4.91 Å². The van der Waals surface area contributed by atoms with E-state index >= 15 is 0 Å². The van der Waals surface area contributed by atoms with Crippen LogP contribution in [0.15, 0.2) is 4.88 Å². The summed E-state index contributed by atoms with van der Waals surface area (Å²) in [5.74, 6) is 0. The van der Waals surface area contributed by atoms with E-state index in [0.29, 0.717) is 13.0 Å². The number of rotatable bonds is 4. The zero-order chi connectivity index (χ0) is 6.24. The Morgan fingerprint density at radius 2 is 2.62 bits per heavy atom. The average molecular weight is 132 g/mol. The Balaban J connectivity index is 2.82. The minimum absolute atomic E-state index is 0.0926. The van der Waals surface area contributed by atoms with E-state index in [4.69, 9.17) is 10.1 Å². The van der Waals surface area contributed by atoms with Gasteiger partial charge in [0.2, 0.25) is 0 Å². The minimum atomic E-state index is -0.0926. The number of azide groups is 1. The van der Waals surface area contributed by atoms with E-state index in [-0.39, 0.29) is 8.96 Å².